The second-order valence-corrected chi connectivity index (χ2v) is 6.24. The maximum atomic E-state index is 12.6. The minimum atomic E-state index is -0.0631. The van der Waals surface area contributed by atoms with E-state index >= 15 is 0 Å². The van der Waals surface area contributed by atoms with Crippen LogP contribution in [0.3, 0.4) is 0 Å². The fraction of sp³-hybridized carbons (Fsp3) is 0.500. The first-order valence-electron chi connectivity index (χ1n) is 8.90. The molecular weight excluding hydrogens is 318 g/mol. The number of likely N-dealkylation sites (tertiary alicyclic amines) is 1. The first-order valence-corrected chi connectivity index (χ1v) is 8.90. The minimum Gasteiger partial charge on any atom is -0.378 e. The van der Waals surface area contributed by atoms with Gasteiger partial charge in [-0.2, -0.15) is 0 Å². The van der Waals surface area contributed by atoms with Gasteiger partial charge in [-0.05, 0) is 43.9 Å². The van der Waals surface area contributed by atoms with Gasteiger partial charge in [-0.1, -0.05) is 18.2 Å². The Morgan fingerprint density at radius 1 is 1.36 bits per heavy atom. The van der Waals surface area contributed by atoms with Gasteiger partial charge in [-0.25, -0.2) is 9.48 Å². The van der Waals surface area contributed by atoms with Gasteiger partial charge in [0.15, 0.2) is 0 Å². The lowest BCUT2D eigenvalue weighted by Gasteiger charge is -2.21. The van der Waals surface area contributed by atoms with Gasteiger partial charge in [0.25, 0.3) is 0 Å². The Morgan fingerprint density at radius 3 is 3.08 bits per heavy atom. The summed E-state index contributed by atoms with van der Waals surface area (Å²) in [6.45, 7) is 4.40. The predicted molar refractivity (Wildman–Crippen MR) is 95.8 cm³/mol. The van der Waals surface area contributed by atoms with E-state index in [1.54, 1.807) is 17.1 Å². The molecule has 1 aromatic heterocycles. The van der Waals surface area contributed by atoms with Gasteiger partial charge in [0.05, 0.1) is 24.2 Å². The normalized spacial score (nSPS) is 18.0. The van der Waals surface area contributed by atoms with Crippen LogP contribution in [0.2, 0.25) is 0 Å². The molecule has 3 rings (SSSR count). The van der Waals surface area contributed by atoms with Crippen LogP contribution in [0.5, 0.6) is 0 Å². The zero-order valence-corrected chi connectivity index (χ0v) is 14.6. The van der Waals surface area contributed by atoms with Crippen LogP contribution >= 0.6 is 0 Å². The van der Waals surface area contributed by atoms with Gasteiger partial charge in [0.2, 0.25) is 0 Å². The second kappa shape index (κ2) is 8.62. The number of benzene rings is 1. The molecule has 0 spiro atoms. The molecule has 2 amide bonds. The average molecular weight is 343 g/mol. The Morgan fingerprint density at radius 2 is 2.28 bits per heavy atom. The van der Waals surface area contributed by atoms with Crippen molar-refractivity contribution in [3.8, 4) is 5.69 Å². The zero-order valence-electron chi connectivity index (χ0n) is 14.6. The Labute approximate surface area is 148 Å². The van der Waals surface area contributed by atoms with E-state index in [1.165, 1.54) is 0 Å². The van der Waals surface area contributed by atoms with Crippen molar-refractivity contribution in [3.63, 3.8) is 0 Å². The molecule has 1 saturated heterocycles. The number of nitrogens with zero attached hydrogens (tertiary/aromatic N) is 4. The molecule has 0 saturated carbocycles. The van der Waals surface area contributed by atoms with Gasteiger partial charge >= 0.3 is 6.03 Å². The van der Waals surface area contributed by atoms with Crippen molar-refractivity contribution in [3.05, 3.63) is 36.7 Å². The first kappa shape index (κ1) is 17.4. The SMILES string of the molecule is CCCO[C@H]1CCCN(C(=O)Nc2cccc(-n3ccnn3)c2)CC1. The highest BCUT2D eigenvalue weighted by atomic mass is 16.5. The van der Waals surface area contributed by atoms with E-state index < -0.39 is 0 Å². The van der Waals surface area contributed by atoms with E-state index in [1.807, 2.05) is 29.2 Å². The van der Waals surface area contributed by atoms with Crippen molar-refractivity contribution in [1.29, 1.82) is 0 Å². The van der Waals surface area contributed by atoms with Crippen molar-refractivity contribution >= 4 is 11.7 Å². The number of urea groups is 1. The summed E-state index contributed by atoms with van der Waals surface area (Å²) in [5.74, 6) is 0. The minimum absolute atomic E-state index is 0.0631. The molecule has 0 unspecified atom stereocenters. The maximum absolute atomic E-state index is 12.6. The lowest BCUT2D eigenvalue weighted by molar-refractivity contribution is 0.0446. The number of hydrogen-bond acceptors (Lipinski definition) is 4. The Kier molecular flexibility index (Phi) is 6.00. The average Bonchev–Trinajstić information content (AvgIpc) is 3.06. The number of rotatable bonds is 5. The smallest absolute Gasteiger partial charge is 0.321 e. The Balaban J connectivity index is 1.58. The maximum Gasteiger partial charge on any atom is 0.321 e. The molecule has 0 radical (unpaired) electrons. The van der Waals surface area contributed by atoms with E-state index in [2.05, 4.69) is 22.6 Å². The Bertz CT molecular complexity index is 674. The molecule has 1 aliphatic heterocycles. The molecule has 134 valence electrons. The molecule has 2 aromatic rings. The topological polar surface area (TPSA) is 72.3 Å². The van der Waals surface area contributed by atoms with Crippen molar-refractivity contribution in [2.45, 2.75) is 38.7 Å². The highest BCUT2D eigenvalue weighted by Gasteiger charge is 2.21. The summed E-state index contributed by atoms with van der Waals surface area (Å²) in [6, 6.07) is 7.52. The van der Waals surface area contributed by atoms with Gasteiger partial charge in [0.1, 0.15) is 0 Å². The van der Waals surface area contributed by atoms with Crippen LogP contribution < -0.4 is 5.32 Å². The molecule has 2 heterocycles. The number of ether oxygens (including phenoxy) is 1. The van der Waals surface area contributed by atoms with Crippen LogP contribution in [0.1, 0.15) is 32.6 Å². The summed E-state index contributed by atoms with van der Waals surface area (Å²) in [7, 11) is 0. The van der Waals surface area contributed by atoms with Crippen LogP contribution in [0.25, 0.3) is 5.69 Å². The number of carbonyl (C=O) groups excluding carboxylic acids is 1. The highest BCUT2D eigenvalue weighted by molar-refractivity contribution is 5.89. The lowest BCUT2D eigenvalue weighted by atomic mass is 10.2. The number of carbonyl (C=O) groups is 1. The van der Waals surface area contributed by atoms with E-state index in [0.717, 1.165) is 56.8 Å². The summed E-state index contributed by atoms with van der Waals surface area (Å²) in [6.07, 6.45) is 7.58. The number of amides is 2. The third kappa shape index (κ3) is 4.79. The van der Waals surface area contributed by atoms with Crippen molar-refractivity contribution < 1.29 is 9.53 Å². The molecule has 0 aliphatic carbocycles. The standard InChI is InChI=1S/C18H25N5O2/c1-2-13-25-17-7-4-10-22(11-8-17)18(24)20-15-5-3-6-16(14-15)23-12-9-19-21-23/h3,5-6,9,12,14,17H,2,4,7-8,10-11,13H2,1H3,(H,20,24)/t17-/m0/s1. The first-order chi connectivity index (χ1) is 12.3. The zero-order chi connectivity index (χ0) is 17.5. The van der Waals surface area contributed by atoms with Crippen molar-refractivity contribution in [2.24, 2.45) is 0 Å². The fourth-order valence-electron chi connectivity index (χ4n) is 2.99. The van der Waals surface area contributed by atoms with Crippen LogP contribution in [0.4, 0.5) is 10.5 Å². The molecule has 1 aromatic carbocycles. The van der Waals surface area contributed by atoms with E-state index in [-0.39, 0.29) is 12.1 Å². The number of anilines is 1. The second-order valence-electron chi connectivity index (χ2n) is 6.24. The molecule has 1 fully saturated rings. The van der Waals surface area contributed by atoms with Crippen LogP contribution in [0.15, 0.2) is 36.7 Å². The summed E-state index contributed by atoms with van der Waals surface area (Å²) in [5.41, 5.74) is 1.61. The van der Waals surface area contributed by atoms with Gasteiger partial charge in [-0.3, -0.25) is 0 Å². The monoisotopic (exact) mass is 343 g/mol. The molecular formula is C18H25N5O2. The van der Waals surface area contributed by atoms with Gasteiger partial charge in [0, 0.05) is 25.4 Å². The third-order valence-corrected chi connectivity index (χ3v) is 4.30. The summed E-state index contributed by atoms with van der Waals surface area (Å²) in [5, 5.41) is 10.8. The fourth-order valence-corrected chi connectivity index (χ4v) is 2.99. The van der Waals surface area contributed by atoms with Gasteiger partial charge in [-0.15, -0.1) is 5.10 Å². The molecule has 7 heteroatoms. The molecule has 25 heavy (non-hydrogen) atoms. The molecule has 1 atom stereocenters. The molecule has 1 aliphatic rings. The predicted octanol–water partition coefficient (Wildman–Crippen LogP) is 3.08. The van der Waals surface area contributed by atoms with Crippen LogP contribution in [0, 0.1) is 0 Å². The largest absolute Gasteiger partial charge is 0.378 e. The van der Waals surface area contributed by atoms with E-state index in [9.17, 15) is 4.79 Å². The summed E-state index contributed by atoms with van der Waals surface area (Å²) in [4.78, 5) is 14.5. The number of hydrogen-bond donors (Lipinski definition) is 1. The number of nitrogens with one attached hydrogen (secondary N) is 1. The number of aromatic nitrogens is 3. The van der Waals surface area contributed by atoms with Crippen molar-refractivity contribution in [2.75, 3.05) is 25.0 Å². The lowest BCUT2D eigenvalue weighted by Crippen LogP contribution is -2.36. The summed E-state index contributed by atoms with van der Waals surface area (Å²) >= 11 is 0. The molecule has 7 nitrogen and oxygen atoms in total. The van der Waals surface area contributed by atoms with E-state index in [0.29, 0.717) is 0 Å². The molecule has 0 bridgehead atoms. The van der Waals surface area contributed by atoms with Crippen molar-refractivity contribution in [1.82, 2.24) is 19.9 Å². The van der Waals surface area contributed by atoms with Crippen LogP contribution in [-0.4, -0.2) is 51.7 Å². The van der Waals surface area contributed by atoms with E-state index in [4.69, 9.17) is 4.74 Å². The van der Waals surface area contributed by atoms with Crippen LogP contribution in [-0.2, 0) is 4.74 Å². The summed E-state index contributed by atoms with van der Waals surface area (Å²) < 4.78 is 7.51. The van der Waals surface area contributed by atoms with Gasteiger partial charge < -0.3 is 15.0 Å². The third-order valence-electron chi connectivity index (χ3n) is 4.30. The quantitative estimate of drug-likeness (QED) is 0.905. The molecule has 1 N–H and O–H groups in total. The highest BCUT2D eigenvalue weighted by Crippen LogP contribution is 2.17. The Hall–Kier alpha value is -2.41.